The number of likely N-dealkylation sites (tertiary alicyclic amines) is 1. The maximum atomic E-state index is 13.3. The van der Waals surface area contributed by atoms with Crippen LogP contribution in [0.3, 0.4) is 0 Å². The third kappa shape index (κ3) is 6.04. The number of fused-ring (bicyclic) bond motifs is 3. The second-order valence-electron chi connectivity index (χ2n) is 10.6. The smallest absolute Gasteiger partial charge is 0.254 e. The summed E-state index contributed by atoms with van der Waals surface area (Å²) in [6.45, 7) is 5.66. The number of rotatable bonds is 8. The van der Waals surface area contributed by atoms with E-state index in [1.165, 1.54) is 19.3 Å². The standard InChI is InChI=1S/C31H36N2O5.ClH/c1-35-25-9-10-26-23(16-25)7-4-8-28(26)36-15-5-13-32-12-3-2-6-22(19-32)20-33-14-11-24-17-29-30(38-21-37-29)18-27(24)31(33)34;/h4,7-10,16-18,22H,2-3,5-6,11-15,19-21H2,1H3;1H. The summed E-state index contributed by atoms with van der Waals surface area (Å²) in [5, 5.41) is 2.23. The molecule has 8 heteroatoms. The van der Waals surface area contributed by atoms with Gasteiger partial charge in [-0.15, -0.1) is 12.4 Å². The lowest BCUT2D eigenvalue weighted by molar-refractivity contribution is 0.0694. The Balaban J connectivity index is 0.00000308. The van der Waals surface area contributed by atoms with Gasteiger partial charge in [0.15, 0.2) is 11.5 Å². The summed E-state index contributed by atoms with van der Waals surface area (Å²) in [6, 6.07) is 16.1. The van der Waals surface area contributed by atoms with Crippen molar-refractivity contribution in [3.63, 3.8) is 0 Å². The van der Waals surface area contributed by atoms with Crippen LogP contribution in [0.25, 0.3) is 10.8 Å². The summed E-state index contributed by atoms with van der Waals surface area (Å²) >= 11 is 0. The number of nitrogens with zero attached hydrogens (tertiary/aromatic N) is 2. The van der Waals surface area contributed by atoms with Crippen molar-refractivity contribution in [3.8, 4) is 23.0 Å². The molecule has 0 N–H and O–H groups in total. The van der Waals surface area contributed by atoms with Gasteiger partial charge in [-0.3, -0.25) is 4.79 Å². The van der Waals surface area contributed by atoms with Gasteiger partial charge in [0.2, 0.25) is 6.79 Å². The van der Waals surface area contributed by atoms with Gasteiger partial charge in [-0.2, -0.15) is 0 Å². The molecule has 7 nitrogen and oxygen atoms in total. The van der Waals surface area contributed by atoms with E-state index in [4.69, 9.17) is 18.9 Å². The summed E-state index contributed by atoms with van der Waals surface area (Å²) in [6.07, 6.45) is 5.44. The molecule has 0 aromatic heterocycles. The Labute approximate surface area is 236 Å². The molecule has 1 saturated heterocycles. The fourth-order valence-electron chi connectivity index (χ4n) is 6.03. The first kappa shape index (κ1) is 27.4. The summed E-state index contributed by atoms with van der Waals surface area (Å²) in [5.41, 5.74) is 1.85. The highest BCUT2D eigenvalue weighted by Gasteiger charge is 2.30. The van der Waals surface area contributed by atoms with Crippen molar-refractivity contribution in [2.45, 2.75) is 32.1 Å². The van der Waals surface area contributed by atoms with Crippen LogP contribution in [0, 0.1) is 5.92 Å². The molecule has 3 aliphatic heterocycles. The second kappa shape index (κ2) is 12.3. The number of carbonyl (C=O) groups is 1. The molecule has 0 saturated carbocycles. The molecule has 208 valence electrons. The van der Waals surface area contributed by atoms with Gasteiger partial charge < -0.3 is 28.7 Å². The molecule has 3 heterocycles. The lowest BCUT2D eigenvalue weighted by Crippen LogP contribution is -2.43. The van der Waals surface area contributed by atoms with Gasteiger partial charge in [0, 0.05) is 37.1 Å². The fourth-order valence-corrected chi connectivity index (χ4v) is 6.03. The van der Waals surface area contributed by atoms with E-state index in [2.05, 4.69) is 21.9 Å². The van der Waals surface area contributed by atoms with Crippen LogP contribution in [0.4, 0.5) is 0 Å². The summed E-state index contributed by atoms with van der Waals surface area (Å²) < 4.78 is 22.6. The van der Waals surface area contributed by atoms with Crippen LogP contribution in [-0.4, -0.2) is 68.9 Å². The minimum Gasteiger partial charge on any atom is -0.497 e. The molecule has 1 fully saturated rings. The predicted octanol–water partition coefficient (Wildman–Crippen LogP) is 5.57. The average molecular weight is 553 g/mol. The van der Waals surface area contributed by atoms with Crippen LogP contribution in [0.15, 0.2) is 48.5 Å². The molecule has 1 atom stereocenters. The zero-order chi connectivity index (χ0) is 25.9. The molecule has 0 radical (unpaired) electrons. The second-order valence-corrected chi connectivity index (χ2v) is 10.6. The van der Waals surface area contributed by atoms with Gasteiger partial charge in [0.1, 0.15) is 11.5 Å². The van der Waals surface area contributed by atoms with Crippen molar-refractivity contribution < 1.29 is 23.7 Å². The van der Waals surface area contributed by atoms with E-state index in [0.717, 1.165) is 84.7 Å². The van der Waals surface area contributed by atoms with Crippen LogP contribution in [0.2, 0.25) is 0 Å². The summed E-state index contributed by atoms with van der Waals surface area (Å²) in [7, 11) is 1.69. The van der Waals surface area contributed by atoms with Gasteiger partial charge in [-0.05, 0) is 85.5 Å². The number of carbonyl (C=O) groups excluding carboxylic acids is 1. The van der Waals surface area contributed by atoms with E-state index in [-0.39, 0.29) is 25.1 Å². The lowest BCUT2D eigenvalue weighted by atomic mass is 9.96. The number of amides is 1. The van der Waals surface area contributed by atoms with E-state index >= 15 is 0 Å². The minimum atomic E-state index is 0. The Bertz CT molecular complexity index is 1320. The van der Waals surface area contributed by atoms with Crippen LogP contribution in [0.5, 0.6) is 23.0 Å². The largest absolute Gasteiger partial charge is 0.497 e. The van der Waals surface area contributed by atoms with E-state index in [1.54, 1.807) is 7.11 Å². The highest BCUT2D eigenvalue weighted by molar-refractivity contribution is 5.97. The Morgan fingerprint density at radius 1 is 1.03 bits per heavy atom. The Morgan fingerprint density at radius 2 is 1.90 bits per heavy atom. The number of hydrogen-bond donors (Lipinski definition) is 0. The molecule has 1 amide bonds. The monoisotopic (exact) mass is 552 g/mol. The summed E-state index contributed by atoms with van der Waals surface area (Å²) in [4.78, 5) is 17.9. The quantitative estimate of drug-likeness (QED) is 0.341. The Morgan fingerprint density at radius 3 is 2.77 bits per heavy atom. The normalized spacial score (nSPS) is 18.8. The molecule has 39 heavy (non-hydrogen) atoms. The fraction of sp³-hybridized carbons (Fsp3) is 0.452. The first-order valence-electron chi connectivity index (χ1n) is 13.8. The number of hydrogen-bond acceptors (Lipinski definition) is 6. The van der Waals surface area contributed by atoms with Crippen LogP contribution in [-0.2, 0) is 6.42 Å². The number of ether oxygens (including phenoxy) is 4. The van der Waals surface area contributed by atoms with E-state index in [1.807, 2.05) is 36.4 Å². The van der Waals surface area contributed by atoms with Crippen LogP contribution >= 0.6 is 12.4 Å². The molecular weight excluding hydrogens is 516 g/mol. The molecule has 3 aliphatic rings. The molecule has 3 aromatic rings. The Kier molecular flexibility index (Phi) is 8.68. The van der Waals surface area contributed by atoms with Gasteiger partial charge in [-0.25, -0.2) is 0 Å². The lowest BCUT2D eigenvalue weighted by Gasteiger charge is -2.33. The SMILES string of the molecule is COc1ccc2c(OCCCN3CCCCC(CN4CCc5cc6c(cc5C4=O)OCO6)C3)cccc2c1.Cl. The highest BCUT2D eigenvalue weighted by atomic mass is 35.5. The highest BCUT2D eigenvalue weighted by Crippen LogP contribution is 2.37. The summed E-state index contributed by atoms with van der Waals surface area (Å²) in [5.74, 6) is 3.84. The number of methoxy groups -OCH3 is 1. The predicted molar refractivity (Wildman–Crippen MR) is 154 cm³/mol. The Hall–Kier alpha value is -3.16. The third-order valence-corrected chi connectivity index (χ3v) is 8.02. The van der Waals surface area contributed by atoms with E-state index in [9.17, 15) is 4.79 Å². The van der Waals surface area contributed by atoms with Gasteiger partial charge in [0.05, 0.1) is 13.7 Å². The maximum Gasteiger partial charge on any atom is 0.254 e. The van der Waals surface area contributed by atoms with Gasteiger partial charge in [0.25, 0.3) is 5.91 Å². The van der Waals surface area contributed by atoms with Crippen LogP contribution < -0.4 is 18.9 Å². The molecule has 0 spiro atoms. The molecule has 6 rings (SSSR count). The van der Waals surface area contributed by atoms with Crippen molar-refractivity contribution in [1.82, 2.24) is 9.80 Å². The first-order valence-corrected chi connectivity index (χ1v) is 13.8. The topological polar surface area (TPSA) is 60.5 Å². The van der Waals surface area contributed by atoms with Gasteiger partial charge in [-0.1, -0.05) is 18.6 Å². The van der Waals surface area contributed by atoms with Crippen molar-refractivity contribution in [2.24, 2.45) is 5.92 Å². The zero-order valence-corrected chi connectivity index (χ0v) is 23.3. The molecular formula is C31H37ClN2O5. The average Bonchev–Trinajstić information content (AvgIpc) is 3.29. The van der Waals surface area contributed by atoms with Crippen molar-refractivity contribution in [1.29, 1.82) is 0 Å². The van der Waals surface area contributed by atoms with Gasteiger partial charge >= 0.3 is 0 Å². The zero-order valence-electron chi connectivity index (χ0n) is 22.5. The minimum absolute atomic E-state index is 0. The van der Waals surface area contributed by atoms with Crippen molar-refractivity contribution >= 4 is 29.1 Å². The van der Waals surface area contributed by atoms with Crippen LogP contribution in [0.1, 0.15) is 41.6 Å². The van der Waals surface area contributed by atoms with Crippen molar-refractivity contribution in [2.75, 3.05) is 53.2 Å². The first-order chi connectivity index (χ1) is 18.7. The maximum absolute atomic E-state index is 13.3. The molecule has 3 aromatic carbocycles. The van der Waals surface area contributed by atoms with E-state index < -0.39 is 0 Å². The molecule has 1 unspecified atom stereocenters. The van der Waals surface area contributed by atoms with Crippen molar-refractivity contribution in [3.05, 3.63) is 59.7 Å². The number of halogens is 1. The third-order valence-electron chi connectivity index (χ3n) is 8.02. The molecule has 0 bridgehead atoms. The molecule has 0 aliphatic carbocycles. The van der Waals surface area contributed by atoms with E-state index in [0.29, 0.717) is 18.3 Å². The number of benzene rings is 3.